The second kappa shape index (κ2) is 7.31. The first-order valence-corrected chi connectivity index (χ1v) is 7.85. The first-order valence-electron chi connectivity index (χ1n) is 7.85. The first-order chi connectivity index (χ1) is 12.0. The number of β-amino-alcohol motifs (C(OH)–C–C–N with tert-alkyl or cyclic N) is 1. The van der Waals surface area contributed by atoms with Crippen LogP contribution in [0.25, 0.3) is 0 Å². The molecule has 9 heteroatoms. The lowest BCUT2D eigenvalue weighted by molar-refractivity contribution is -0.384. The largest absolute Gasteiger partial charge is 0.445 e. The number of rotatable bonds is 5. The number of amides is 1. The van der Waals surface area contributed by atoms with Gasteiger partial charge >= 0.3 is 6.09 Å². The molecule has 2 atom stereocenters. The highest BCUT2D eigenvalue weighted by Gasteiger charge is 2.35. The third-order valence-corrected chi connectivity index (χ3v) is 4.09. The highest BCUT2D eigenvalue weighted by molar-refractivity contribution is 5.68. The molecule has 25 heavy (non-hydrogen) atoms. The molecule has 0 saturated carbocycles. The van der Waals surface area contributed by atoms with E-state index >= 15 is 0 Å². The predicted molar refractivity (Wildman–Crippen MR) is 86.6 cm³/mol. The minimum absolute atomic E-state index is 0.0118. The van der Waals surface area contributed by atoms with Gasteiger partial charge in [0.1, 0.15) is 6.61 Å². The van der Waals surface area contributed by atoms with Crippen molar-refractivity contribution in [3.63, 3.8) is 0 Å². The van der Waals surface area contributed by atoms with E-state index in [1.807, 2.05) is 0 Å². The molecule has 132 valence electrons. The average molecular weight is 346 g/mol. The summed E-state index contributed by atoms with van der Waals surface area (Å²) in [6.45, 7) is 0.708. The maximum atomic E-state index is 12.3. The third kappa shape index (κ3) is 4.13. The molecule has 0 aliphatic carbocycles. The SMILES string of the molecule is O=C(OCc1ccc([N+](=O)[O-])cc1)N1C[C@H](O)C[C@H]1Cn1cccn1. The Morgan fingerprint density at radius 3 is 2.80 bits per heavy atom. The Morgan fingerprint density at radius 2 is 2.16 bits per heavy atom. The number of hydrogen-bond donors (Lipinski definition) is 1. The van der Waals surface area contributed by atoms with Gasteiger partial charge in [0, 0.05) is 24.5 Å². The van der Waals surface area contributed by atoms with Gasteiger partial charge in [-0.3, -0.25) is 14.8 Å². The number of hydrogen-bond acceptors (Lipinski definition) is 6. The number of nitro benzene ring substituents is 1. The van der Waals surface area contributed by atoms with Crippen molar-refractivity contribution in [1.29, 1.82) is 0 Å². The van der Waals surface area contributed by atoms with Crippen molar-refractivity contribution in [1.82, 2.24) is 14.7 Å². The van der Waals surface area contributed by atoms with Crippen LogP contribution in [0.4, 0.5) is 10.5 Å². The van der Waals surface area contributed by atoms with Crippen LogP contribution in [0.15, 0.2) is 42.7 Å². The summed E-state index contributed by atoms with van der Waals surface area (Å²) in [7, 11) is 0. The molecule has 1 amide bonds. The highest BCUT2D eigenvalue weighted by Crippen LogP contribution is 2.21. The van der Waals surface area contributed by atoms with E-state index in [1.54, 1.807) is 35.3 Å². The monoisotopic (exact) mass is 346 g/mol. The van der Waals surface area contributed by atoms with Crippen LogP contribution >= 0.6 is 0 Å². The van der Waals surface area contributed by atoms with E-state index in [1.165, 1.54) is 17.0 Å². The summed E-state index contributed by atoms with van der Waals surface area (Å²) < 4.78 is 6.99. The van der Waals surface area contributed by atoms with E-state index in [0.29, 0.717) is 18.5 Å². The molecule has 9 nitrogen and oxygen atoms in total. The lowest BCUT2D eigenvalue weighted by Crippen LogP contribution is -2.38. The molecule has 2 aromatic rings. The van der Waals surface area contributed by atoms with Gasteiger partial charge < -0.3 is 14.7 Å². The summed E-state index contributed by atoms with van der Waals surface area (Å²) in [6.07, 6.45) is 2.81. The minimum Gasteiger partial charge on any atom is -0.445 e. The number of aliphatic hydroxyl groups excluding tert-OH is 1. The maximum Gasteiger partial charge on any atom is 0.410 e. The molecule has 1 aliphatic heterocycles. The van der Waals surface area contributed by atoms with Crippen LogP contribution < -0.4 is 0 Å². The molecule has 1 aromatic heterocycles. The summed E-state index contributed by atoms with van der Waals surface area (Å²) in [5.41, 5.74) is 0.638. The van der Waals surface area contributed by atoms with Crippen LogP contribution in [0, 0.1) is 10.1 Å². The fraction of sp³-hybridized carbons (Fsp3) is 0.375. The van der Waals surface area contributed by atoms with Crippen molar-refractivity contribution in [3.05, 3.63) is 58.4 Å². The van der Waals surface area contributed by atoms with Crippen LogP contribution in [-0.2, 0) is 17.9 Å². The van der Waals surface area contributed by atoms with Crippen LogP contribution in [0.5, 0.6) is 0 Å². The van der Waals surface area contributed by atoms with E-state index in [4.69, 9.17) is 4.74 Å². The summed E-state index contributed by atoms with van der Waals surface area (Å²) in [5.74, 6) is 0. The summed E-state index contributed by atoms with van der Waals surface area (Å²) in [4.78, 5) is 24.0. The topological polar surface area (TPSA) is 111 Å². The number of carbonyl (C=O) groups excluding carboxylic acids is 1. The zero-order chi connectivity index (χ0) is 17.8. The highest BCUT2D eigenvalue weighted by atomic mass is 16.6. The number of non-ortho nitro benzene ring substituents is 1. The van der Waals surface area contributed by atoms with Crippen molar-refractivity contribution in [3.8, 4) is 0 Å². The van der Waals surface area contributed by atoms with Crippen molar-refractivity contribution >= 4 is 11.8 Å². The van der Waals surface area contributed by atoms with Crippen LogP contribution in [0.2, 0.25) is 0 Å². The molecule has 0 spiro atoms. The van der Waals surface area contributed by atoms with Crippen LogP contribution in [0.1, 0.15) is 12.0 Å². The fourth-order valence-electron chi connectivity index (χ4n) is 2.85. The summed E-state index contributed by atoms with van der Waals surface area (Å²) >= 11 is 0. The molecule has 1 fully saturated rings. The minimum atomic E-state index is -0.590. The molecule has 1 saturated heterocycles. The van der Waals surface area contributed by atoms with E-state index in [0.717, 1.165) is 0 Å². The van der Waals surface area contributed by atoms with Crippen molar-refractivity contribution in [2.45, 2.75) is 31.7 Å². The van der Waals surface area contributed by atoms with Gasteiger partial charge in [0.2, 0.25) is 0 Å². The van der Waals surface area contributed by atoms with Crippen molar-refractivity contribution in [2.75, 3.05) is 6.54 Å². The first kappa shape index (κ1) is 16.9. The number of ether oxygens (including phenoxy) is 1. The number of carbonyl (C=O) groups is 1. The Balaban J connectivity index is 1.58. The van der Waals surface area contributed by atoms with Crippen molar-refractivity contribution in [2.24, 2.45) is 0 Å². The van der Waals surface area contributed by atoms with Gasteiger partial charge in [-0.05, 0) is 30.2 Å². The molecule has 0 radical (unpaired) electrons. The van der Waals surface area contributed by atoms with Gasteiger partial charge in [-0.25, -0.2) is 4.79 Å². The number of aliphatic hydroxyl groups is 1. The molecule has 1 aromatic carbocycles. The zero-order valence-electron chi connectivity index (χ0n) is 13.4. The molecule has 1 N–H and O–H groups in total. The Labute approximate surface area is 143 Å². The molecule has 0 unspecified atom stereocenters. The number of benzene rings is 1. The molecule has 2 heterocycles. The summed E-state index contributed by atoms with van der Waals surface area (Å²) in [5, 5.41) is 24.6. The maximum absolute atomic E-state index is 12.3. The average Bonchev–Trinajstić information content (AvgIpc) is 3.23. The predicted octanol–water partition coefficient (Wildman–Crippen LogP) is 1.56. The fourth-order valence-corrected chi connectivity index (χ4v) is 2.85. The van der Waals surface area contributed by atoms with Crippen LogP contribution in [0.3, 0.4) is 0 Å². The van der Waals surface area contributed by atoms with Crippen molar-refractivity contribution < 1.29 is 19.6 Å². The summed E-state index contributed by atoms with van der Waals surface area (Å²) in [6, 6.07) is 7.42. The Hall–Kier alpha value is -2.94. The van der Waals surface area contributed by atoms with Gasteiger partial charge in [0.05, 0.1) is 30.2 Å². The Bertz CT molecular complexity index is 731. The normalized spacial score (nSPS) is 19.8. The second-order valence-corrected chi connectivity index (χ2v) is 5.90. The zero-order valence-corrected chi connectivity index (χ0v) is 13.4. The Morgan fingerprint density at radius 1 is 1.40 bits per heavy atom. The van der Waals surface area contributed by atoms with Crippen LogP contribution in [-0.4, -0.2) is 49.5 Å². The molecular formula is C16H18N4O5. The third-order valence-electron chi connectivity index (χ3n) is 4.09. The van der Waals surface area contributed by atoms with Gasteiger partial charge in [0.25, 0.3) is 5.69 Å². The van der Waals surface area contributed by atoms with E-state index in [2.05, 4.69) is 5.10 Å². The van der Waals surface area contributed by atoms with E-state index in [-0.39, 0.29) is 24.9 Å². The van der Waals surface area contributed by atoms with E-state index < -0.39 is 17.1 Å². The molecule has 0 bridgehead atoms. The quantitative estimate of drug-likeness (QED) is 0.650. The van der Waals surface area contributed by atoms with E-state index in [9.17, 15) is 20.0 Å². The standard InChI is InChI=1S/C16H18N4O5/c21-15-8-14(9-18-7-1-6-17-18)19(10-15)16(22)25-11-12-2-4-13(5-3-12)20(23)24/h1-7,14-15,21H,8-11H2/t14-,15+/m0/s1. The molecule has 1 aliphatic rings. The van der Waals surface area contributed by atoms with Gasteiger partial charge in [0.15, 0.2) is 0 Å². The Kier molecular flexibility index (Phi) is 4.94. The lowest BCUT2D eigenvalue weighted by Gasteiger charge is -2.23. The number of aromatic nitrogens is 2. The van der Waals surface area contributed by atoms with Gasteiger partial charge in [-0.15, -0.1) is 0 Å². The van der Waals surface area contributed by atoms with Gasteiger partial charge in [-0.1, -0.05) is 0 Å². The number of nitrogens with zero attached hydrogens (tertiary/aromatic N) is 4. The van der Waals surface area contributed by atoms with Gasteiger partial charge in [-0.2, -0.15) is 5.10 Å². The molecule has 3 rings (SSSR count). The number of nitro groups is 1. The smallest absolute Gasteiger partial charge is 0.410 e. The lowest BCUT2D eigenvalue weighted by atomic mass is 10.2. The molecular weight excluding hydrogens is 328 g/mol. The number of likely N-dealkylation sites (tertiary alicyclic amines) is 1. The second-order valence-electron chi connectivity index (χ2n) is 5.90.